The Balaban J connectivity index is 0.00000242. The first-order valence-electron chi connectivity index (χ1n) is 7.10. The van der Waals surface area contributed by atoms with Gasteiger partial charge in [0.1, 0.15) is 0 Å². The summed E-state index contributed by atoms with van der Waals surface area (Å²) in [6.07, 6.45) is 0.785. The average molecular weight is 319 g/mol. The van der Waals surface area contributed by atoms with Crippen molar-refractivity contribution in [2.75, 3.05) is 5.73 Å². The lowest BCUT2D eigenvalue weighted by Gasteiger charge is -2.27. The molecule has 0 unspecified atom stereocenters. The maximum Gasteiger partial charge on any atom is 0.251 e. The number of nitrogen functional groups attached to an aromatic ring is 1. The number of aryl methyl sites for hydroxylation is 1. The molecule has 0 saturated heterocycles. The standard InChI is InChI=1S/C18H22N2O.ClH/c1-13-7-4-5-8-15(13)12-18(2,3)20-17(21)14-9-6-10-16(19)11-14;/h4-11H,12,19H2,1-3H3,(H,20,21);1H. The number of anilines is 1. The second kappa shape index (κ2) is 7.32. The first-order chi connectivity index (χ1) is 9.87. The van der Waals surface area contributed by atoms with Gasteiger partial charge in [0.25, 0.3) is 5.91 Å². The van der Waals surface area contributed by atoms with E-state index in [9.17, 15) is 4.79 Å². The van der Waals surface area contributed by atoms with E-state index in [1.54, 1.807) is 24.3 Å². The van der Waals surface area contributed by atoms with Gasteiger partial charge in [-0.05, 0) is 56.5 Å². The van der Waals surface area contributed by atoms with Crippen LogP contribution in [0.4, 0.5) is 5.69 Å². The molecule has 0 radical (unpaired) electrons. The van der Waals surface area contributed by atoms with Crippen LogP contribution in [0.3, 0.4) is 0 Å². The van der Waals surface area contributed by atoms with Gasteiger partial charge in [-0.25, -0.2) is 0 Å². The maximum atomic E-state index is 12.3. The Morgan fingerprint density at radius 2 is 1.82 bits per heavy atom. The Bertz CT molecular complexity index is 653. The van der Waals surface area contributed by atoms with E-state index < -0.39 is 0 Å². The van der Waals surface area contributed by atoms with E-state index >= 15 is 0 Å². The highest BCUT2D eigenvalue weighted by atomic mass is 35.5. The largest absolute Gasteiger partial charge is 0.399 e. The van der Waals surface area contributed by atoms with Crippen molar-refractivity contribution < 1.29 is 4.79 Å². The second-order valence-electron chi connectivity index (χ2n) is 6.07. The maximum absolute atomic E-state index is 12.3. The van der Waals surface area contributed by atoms with Gasteiger partial charge in [-0.1, -0.05) is 30.3 Å². The third-order valence-electron chi connectivity index (χ3n) is 3.49. The quantitative estimate of drug-likeness (QED) is 0.843. The Morgan fingerprint density at radius 1 is 1.14 bits per heavy atom. The van der Waals surface area contributed by atoms with Gasteiger partial charge in [-0.15, -0.1) is 12.4 Å². The molecule has 2 aromatic rings. The number of hydrogen-bond donors (Lipinski definition) is 2. The molecule has 0 atom stereocenters. The molecule has 2 aromatic carbocycles. The molecule has 0 aliphatic heterocycles. The molecule has 118 valence electrons. The lowest BCUT2D eigenvalue weighted by molar-refractivity contribution is 0.0913. The average Bonchev–Trinajstić information content (AvgIpc) is 2.40. The summed E-state index contributed by atoms with van der Waals surface area (Å²) in [5.41, 5.74) is 9.07. The first kappa shape index (κ1) is 18.1. The minimum Gasteiger partial charge on any atom is -0.399 e. The number of hydrogen-bond acceptors (Lipinski definition) is 2. The van der Waals surface area contributed by atoms with Gasteiger partial charge in [0.05, 0.1) is 0 Å². The number of halogens is 1. The highest BCUT2D eigenvalue weighted by molar-refractivity contribution is 5.95. The molecule has 1 amide bonds. The van der Waals surface area contributed by atoms with E-state index in [2.05, 4.69) is 24.4 Å². The first-order valence-corrected chi connectivity index (χ1v) is 7.10. The fourth-order valence-corrected chi connectivity index (χ4v) is 2.39. The van der Waals surface area contributed by atoms with Crippen LogP contribution >= 0.6 is 12.4 Å². The van der Waals surface area contributed by atoms with Gasteiger partial charge in [0, 0.05) is 16.8 Å². The predicted octanol–water partition coefficient (Wildman–Crippen LogP) is 3.75. The zero-order valence-corrected chi connectivity index (χ0v) is 14.0. The smallest absolute Gasteiger partial charge is 0.251 e. The fraction of sp³-hybridized carbons (Fsp3) is 0.278. The molecule has 2 rings (SSSR count). The van der Waals surface area contributed by atoms with Crippen LogP contribution in [0.2, 0.25) is 0 Å². The molecule has 0 heterocycles. The Morgan fingerprint density at radius 3 is 2.45 bits per heavy atom. The van der Waals surface area contributed by atoms with Crippen LogP contribution in [0.25, 0.3) is 0 Å². The van der Waals surface area contributed by atoms with Gasteiger partial charge in [-0.3, -0.25) is 4.79 Å². The fourth-order valence-electron chi connectivity index (χ4n) is 2.39. The molecular weight excluding hydrogens is 296 g/mol. The van der Waals surface area contributed by atoms with Gasteiger partial charge in [-0.2, -0.15) is 0 Å². The number of carbonyl (C=O) groups is 1. The molecule has 4 heteroatoms. The molecule has 3 nitrogen and oxygen atoms in total. The third-order valence-corrected chi connectivity index (χ3v) is 3.49. The van der Waals surface area contributed by atoms with Crippen LogP contribution in [-0.4, -0.2) is 11.4 Å². The number of nitrogens with one attached hydrogen (secondary N) is 1. The van der Waals surface area contributed by atoms with Gasteiger partial charge < -0.3 is 11.1 Å². The van der Waals surface area contributed by atoms with E-state index in [4.69, 9.17) is 5.73 Å². The van der Waals surface area contributed by atoms with E-state index in [1.807, 2.05) is 26.0 Å². The highest BCUT2D eigenvalue weighted by Gasteiger charge is 2.22. The monoisotopic (exact) mass is 318 g/mol. The zero-order valence-electron chi connectivity index (χ0n) is 13.2. The van der Waals surface area contributed by atoms with Crippen molar-refractivity contribution in [3.8, 4) is 0 Å². The molecule has 22 heavy (non-hydrogen) atoms. The summed E-state index contributed by atoms with van der Waals surface area (Å²) in [6.45, 7) is 6.15. The van der Waals surface area contributed by atoms with E-state index in [0.29, 0.717) is 11.3 Å². The molecule has 0 aliphatic rings. The summed E-state index contributed by atoms with van der Waals surface area (Å²) in [4.78, 5) is 12.3. The second-order valence-corrected chi connectivity index (χ2v) is 6.07. The summed E-state index contributed by atoms with van der Waals surface area (Å²) >= 11 is 0. The van der Waals surface area contributed by atoms with Crippen LogP contribution < -0.4 is 11.1 Å². The van der Waals surface area contributed by atoms with Crippen LogP contribution in [0.1, 0.15) is 35.3 Å². The lowest BCUT2D eigenvalue weighted by atomic mass is 9.92. The van der Waals surface area contributed by atoms with Crippen LogP contribution in [-0.2, 0) is 6.42 Å². The SMILES string of the molecule is Cc1ccccc1CC(C)(C)NC(=O)c1cccc(N)c1.Cl. The van der Waals surface area contributed by atoms with Gasteiger partial charge in [0.2, 0.25) is 0 Å². The van der Waals surface area contributed by atoms with Crippen molar-refractivity contribution in [2.45, 2.75) is 32.7 Å². The van der Waals surface area contributed by atoms with E-state index in [0.717, 1.165) is 6.42 Å². The molecule has 0 saturated carbocycles. The van der Waals surface area contributed by atoms with Crippen LogP contribution in [0.15, 0.2) is 48.5 Å². The zero-order chi connectivity index (χ0) is 15.5. The molecule has 0 spiro atoms. The summed E-state index contributed by atoms with van der Waals surface area (Å²) in [7, 11) is 0. The van der Waals surface area contributed by atoms with Crippen molar-refractivity contribution in [3.63, 3.8) is 0 Å². The molecule has 0 bridgehead atoms. The molecule has 3 N–H and O–H groups in total. The van der Waals surface area contributed by atoms with Gasteiger partial charge in [0.15, 0.2) is 0 Å². The summed E-state index contributed by atoms with van der Waals surface area (Å²) in [5, 5.41) is 3.08. The van der Waals surface area contributed by atoms with Crippen molar-refractivity contribution in [2.24, 2.45) is 0 Å². The number of amides is 1. The summed E-state index contributed by atoms with van der Waals surface area (Å²) in [5.74, 6) is -0.0964. The lowest BCUT2D eigenvalue weighted by Crippen LogP contribution is -2.45. The molecule has 0 fully saturated rings. The Kier molecular flexibility index (Phi) is 6.01. The Hall–Kier alpha value is -2.00. The summed E-state index contributed by atoms with van der Waals surface area (Å²) < 4.78 is 0. The minimum atomic E-state index is -0.326. The van der Waals surface area contributed by atoms with E-state index in [1.165, 1.54) is 11.1 Å². The molecule has 0 aliphatic carbocycles. The number of nitrogens with two attached hydrogens (primary N) is 1. The van der Waals surface area contributed by atoms with Crippen LogP contribution in [0.5, 0.6) is 0 Å². The highest BCUT2D eigenvalue weighted by Crippen LogP contribution is 2.17. The van der Waals surface area contributed by atoms with Crippen LogP contribution in [0, 0.1) is 6.92 Å². The van der Waals surface area contributed by atoms with Gasteiger partial charge >= 0.3 is 0 Å². The molecule has 0 aromatic heterocycles. The van der Waals surface area contributed by atoms with Crippen molar-refractivity contribution in [1.82, 2.24) is 5.32 Å². The number of carbonyl (C=O) groups excluding carboxylic acids is 1. The van der Waals surface area contributed by atoms with Crippen molar-refractivity contribution in [1.29, 1.82) is 0 Å². The molecular formula is C18H23ClN2O. The normalized spacial score (nSPS) is 10.7. The minimum absolute atomic E-state index is 0. The van der Waals surface area contributed by atoms with E-state index in [-0.39, 0.29) is 23.9 Å². The Labute approximate surface area is 138 Å². The summed E-state index contributed by atoms with van der Waals surface area (Å²) in [6, 6.07) is 15.3. The van der Waals surface area contributed by atoms with Crippen molar-refractivity contribution in [3.05, 3.63) is 65.2 Å². The number of rotatable bonds is 4. The topological polar surface area (TPSA) is 55.1 Å². The number of benzene rings is 2. The van der Waals surface area contributed by atoms with Crippen molar-refractivity contribution >= 4 is 24.0 Å². The predicted molar refractivity (Wildman–Crippen MR) is 94.5 cm³/mol. The third kappa shape index (κ3) is 4.78.